The van der Waals surface area contributed by atoms with Gasteiger partial charge in [0.15, 0.2) is 0 Å². The Bertz CT molecular complexity index is 1520. The molecule has 0 aliphatic carbocycles. The van der Waals surface area contributed by atoms with E-state index in [0.29, 0.717) is 23.8 Å². The van der Waals surface area contributed by atoms with E-state index in [1.165, 1.54) is 5.56 Å². The fourth-order valence-electron chi connectivity index (χ4n) is 5.17. The van der Waals surface area contributed by atoms with Crippen molar-refractivity contribution in [3.8, 4) is 5.75 Å². The summed E-state index contributed by atoms with van der Waals surface area (Å²) in [6.45, 7) is 2.20. The number of piperidine rings is 1. The van der Waals surface area contributed by atoms with Gasteiger partial charge in [-0.15, -0.1) is 0 Å². The van der Waals surface area contributed by atoms with E-state index in [2.05, 4.69) is 33.9 Å². The first-order valence-electron chi connectivity index (χ1n) is 13.8. The minimum absolute atomic E-state index is 0.00196. The Labute approximate surface area is 241 Å². The van der Waals surface area contributed by atoms with Gasteiger partial charge in [0.25, 0.3) is 0 Å². The SMILES string of the molecule is O=C(O)[C@H](Cc1ccc(OCc2ccccc2)cc1)NS(=O)(=O)c1ccc(N2CCC(c3ccccc3)CC2)cc1. The second-order valence-corrected chi connectivity index (χ2v) is 12.0. The molecule has 0 amide bonds. The van der Waals surface area contributed by atoms with E-state index in [0.717, 1.165) is 37.2 Å². The molecule has 0 saturated carbocycles. The lowest BCUT2D eigenvalue weighted by molar-refractivity contribution is -0.138. The van der Waals surface area contributed by atoms with Gasteiger partial charge < -0.3 is 14.7 Å². The van der Waals surface area contributed by atoms with Crippen molar-refractivity contribution in [2.45, 2.75) is 42.7 Å². The minimum atomic E-state index is -4.04. The fraction of sp³-hybridized carbons (Fsp3) is 0.242. The third-order valence-electron chi connectivity index (χ3n) is 7.49. The van der Waals surface area contributed by atoms with E-state index in [-0.39, 0.29) is 11.3 Å². The molecule has 2 N–H and O–H groups in total. The largest absolute Gasteiger partial charge is 0.489 e. The lowest BCUT2D eigenvalue weighted by Gasteiger charge is -2.34. The van der Waals surface area contributed by atoms with Gasteiger partial charge in [0.2, 0.25) is 10.0 Å². The summed E-state index contributed by atoms with van der Waals surface area (Å²) in [5.41, 5.74) is 4.04. The summed E-state index contributed by atoms with van der Waals surface area (Å²) in [6, 6.07) is 32.7. The number of hydrogen-bond acceptors (Lipinski definition) is 5. The number of carboxylic acids is 1. The molecule has 0 bridgehead atoms. The first-order chi connectivity index (χ1) is 19.9. The van der Waals surface area contributed by atoms with Crippen molar-refractivity contribution < 1.29 is 23.1 Å². The molecule has 41 heavy (non-hydrogen) atoms. The van der Waals surface area contributed by atoms with Gasteiger partial charge in [0.1, 0.15) is 18.4 Å². The Morgan fingerprint density at radius 1 is 0.829 bits per heavy atom. The van der Waals surface area contributed by atoms with Crippen LogP contribution in [0.1, 0.15) is 35.4 Å². The Kier molecular flexibility index (Phi) is 9.01. The van der Waals surface area contributed by atoms with E-state index in [1.807, 2.05) is 36.4 Å². The molecule has 212 valence electrons. The zero-order valence-electron chi connectivity index (χ0n) is 22.7. The number of benzene rings is 4. The molecule has 1 saturated heterocycles. The molecule has 4 aromatic carbocycles. The highest BCUT2D eigenvalue weighted by Crippen LogP contribution is 2.30. The highest BCUT2D eigenvalue weighted by molar-refractivity contribution is 7.89. The first-order valence-corrected chi connectivity index (χ1v) is 15.3. The summed E-state index contributed by atoms with van der Waals surface area (Å²) in [6.07, 6.45) is 2.07. The second kappa shape index (κ2) is 13.0. The van der Waals surface area contributed by atoms with E-state index in [9.17, 15) is 18.3 Å². The van der Waals surface area contributed by atoms with Gasteiger partial charge in [-0.05, 0) is 78.3 Å². The fourth-order valence-corrected chi connectivity index (χ4v) is 6.35. The Morgan fingerprint density at radius 3 is 2.05 bits per heavy atom. The van der Waals surface area contributed by atoms with Crippen LogP contribution in [0.2, 0.25) is 0 Å². The van der Waals surface area contributed by atoms with Gasteiger partial charge in [0, 0.05) is 18.8 Å². The van der Waals surface area contributed by atoms with Crippen molar-refractivity contribution in [2.75, 3.05) is 18.0 Å². The monoisotopic (exact) mass is 570 g/mol. The maximum atomic E-state index is 13.1. The number of carbonyl (C=O) groups is 1. The number of nitrogens with one attached hydrogen (secondary N) is 1. The molecule has 1 fully saturated rings. The number of aliphatic carboxylic acids is 1. The maximum absolute atomic E-state index is 13.1. The lowest BCUT2D eigenvalue weighted by atomic mass is 9.89. The Morgan fingerprint density at radius 2 is 1.44 bits per heavy atom. The second-order valence-electron chi connectivity index (χ2n) is 10.3. The van der Waals surface area contributed by atoms with Gasteiger partial charge in [-0.25, -0.2) is 8.42 Å². The van der Waals surface area contributed by atoms with Crippen LogP contribution in [0.5, 0.6) is 5.75 Å². The predicted octanol–water partition coefficient (Wildman–Crippen LogP) is 5.62. The van der Waals surface area contributed by atoms with Crippen LogP contribution in [0.4, 0.5) is 5.69 Å². The number of sulfonamides is 1. The molecule has 8 heteroatoms. The molecule has 0 unspecified atom stereocenters. The molecular formula is C33H34N2O5S. The molecule has 1 heterocycles. The lowest BCUT2D eigenvalue weighted by Crippen LogP contribution is -2.42. The summed E-state index contributed by atoms with van der Waals surface area (Å²) in [5.74, 6) is -0.0624. The van der Waals surface area contributed by atoms with Crippen LogP contribution in [0.25, 0.3) is 0 Å². The highest BCUT2D eigenvalue weighted by Gasteiger charge is 2.26. The summed E-state index contributed by atoms with van der Waals surface area (Å²) >= 11 is 0. The van der Waals surface area contributed by atoms with Gasteiger partial charge >= 0.3 is 5.97 Å². The van der Waals surface area contributed by atoms with Crippen LogP contribution in [-0.2, 0) is 27.8 Å². The van der Waals surface area contributed by atoms with Gasteiger partial charge in [-0.2, -0.15) is 4.72 Å². The van der Waals surface area contributed by atoms with Gasteiger partial charge in [-0.1, -0.05) is 72.8 Å². The quantitative estimate of drug-likeness (QED) is 0.243. The van der Waals surface area contributed by atoms with Crippen molar-refractivity contribution in [3.05, 3.63) is 126 Å². The number of anilines is 1. The normalized spacial score (nSPS) is 14.9. The molecular weight excluding hydrogens is 536 g/mol. The molecule has 5 rings (SSSR count). The van der Waals surface area contributed by atoms with Gasteiger partial charge in [0.05, 0.1) is 4.90 Å². The predicted molar refractivity (Wildman–Crippen MR) is 160 cm³/mol. The third kappa shape index (κ3) is 7.54. The Hall–Kier alpha value is -4.14. The summed E-state index contributed by atoms with van der Waals surface area (Å²) in [4.78, 5) is 14.3. The molecule has 4 aromatic rings. The van der Waals surface area contributed by atoms with E-state index >= 15 is 0 Å². The zero-order valence-corrected chi connectivity index (χ0v) is 23.5. The van der Waals surface area contributed by atoms with Crippen molar-refractivity contribution in [2.24, 2.45) is 0 Å². The Balaban J connectivity index is 1.17. The van der Waals surface area contributed by atoms with Crippen molar-refractivity contribution in [1.29, 1.82) is 0 Å². The topological polar surface area (TPSA) is 95.9 Å². The van der Waals surface area contributed by atoms with E-state index in [4.69, 9.17) is 4.74 Å². The molecule has 1 atom stereocenters. The van der Waals surface area contributed by atoms with Crippen LogP contribution in [-0.4, -0.2) is 38.6 Å². The molecule has 1 aliphatic heterocycles. The van der Waals surface area contributed by atoms with Crippen LogP contribution >= 0.6 is 0 Å². The average molecular weight is 571 g/mol. The number of rotatable bonds is 11. The molecule has 0 spiro atoms. The summed E-state index contributed by atoms with van der Waals surface area (Å²) in [7, 11) is -4.04. The molecule has 1 aliphatic rings. The summed E-state index contributed by atoms with van der Waals surface area (Å²) in [5, 5.41) is 9.77. The van der Waals surface area contributed by atoms with Crippen molar-refractivity contribution in [1.82, 2.24) is 4.72 Å². The minimum Gasteiger partial charge on any atom is -0.489 e. The van der Waals surface area contributed by atoms with Gasteiger partial charge in [-0.3, -0.25) is 4.79 Å². The average Bonchev–Trinajstić information content (AvgIpc) is 3.01. The maximum Gasteiger partial charge on any atom is 0.322 e. The van der Waals surface area contributed by atoms with Crippen LogP contribution < -0.4 is 14.4 Å². The smallest absolute Gasteiger partial charge is 0.322 e. The van der Waals surface area contributed by atoms with E-state index in [1.54, 1.807) is 48.5 Å². The summed E-state index contributed by atoms with van der Waals surface area (Å²) < 4.78 is 34.3. The van der Waals surface area contributed by atoms with Crippen LogP contribution in [0.3, 0.4) is 0 Å². The van der Waals surface area contributed by atoms with E-state index < -0.39 is 22.0 Å². The molecule has 0 aromatic heterocycles. The van der Waals surface area contributed by atoms with Crippen molar-refractivity contribution >= 4 is 21.7 Å². The number of ether oxygens (including phenoxy) is 1. The number of carboxylic acid groups (broad SMARTS) is 1. The standard InChI is InChI=1S/C33H34N2O5S/c36-33(37)32(23-25-11-15-30(16-12-25)40-24-26-7-3-1-4-8-26)34-41(38,39)31-17-13-29(14-18-31)35-21-19-28(20-22-35)27-9-5-2-6-10-27/h1-18,28,32,34H,19-24H2,(H,36,37)/t32-/m0/s1. The first kappa shape index (κ1) is 28.4. The van der Waals surface area contributed by atoms with Crippen LogP contribution in [0, 0.1) is 0 Å². The van der Waals surface area contributed by atoms with Crippen molar-refractivity contribution in [3.63, 3.8) is 0 Å². The number of nitrogens with zero attached hydrogens (tertiary/aromatic N) is 1. The number of hydrogen-bond donors (Lipinski definition) is 2. The highest BCUT2D eigenvalue weighted by atomic mass is 32.2. The third-order valence-corrected chi connectivity index (χ3v) is 8.97. The molecule has 7 nitrogen and oxygen atoms in total. The van der Waals surface area contributed by atoms with Crippen LogP contribution in [0.15, 0.2) is 114 Å². The molecule has 0 radical (unpaired) electrons. The zero-order chi connectivity index (χ0) is 28.7.